The maximum Gasteiger partial charge on any atom is 0.255 e. The Morgan fingerprint density at radius 2 is 2.05 bits per heavy atom. The molecule has 0 aromatic heterocycles. The summed E-state index contributed by atoms with van der Waals surface area (Å²) < 4.78 is 0. The fourth-order valence-corrected chi connectivity index (χ4v) is 2.52. The Hall–Kier alpha value is -2.43. The molecule has 0 radical (unpaired) electrons. The van der Waals surface area contributed by atoms with Crippen LogP contribution in [0, 0.1) is 5.92 Å². The fourth-order valence-electron chi connectivity index (χ4n) is 2.52. The van der Waals surface area contributed by atoms with Gasteiger partial charge in [-0.05, 0) is 38.3 Å². The molecule has 1 aromatic rings. The van der Waals surface area contributed by atoms with Crippen LogP contribution in [0.2, 0.25) is 0 Å². The number of benzene rings is 1. The van der Waals surface area contributed by atoms with Crippen molar-refractivity contribution in [3.8, 4) is 0 Å². The second kappa shape index (κ2) is 6.83. The van der Waals surface area contributed by atoms with Crippen LogP contribution < -0.4 is 5.32 Å². The normalized spacial score (nSPS) is 20.5. The van der Waals surface area contributed by atoms with Gasteiger partial charge in [-0.15, -0.1) is 0 Å². The monoisotopic (exact) mass is 286 g/mol. The number of oxime groups is 1. The van der Waals surface area contributed by atoms with E-state index in [9.17, 15) is 9.59 Å². The molecule has 1 fully saturated rings. The molecule has 1 unspecified atom stereocenters. The van der Waals surface area contributed by atoms with Crippen LogP contribution in [0.3, 0.4) is 0 Å². The van der Waals surface area contributed by atoms with Crippen molar-refractivity contribution in [1.29, 1.82) is 0 Å². The highest BCUT2D eigenvalue weighted by molar-refractivity contribution is 5.99. The van der Waals surface area contributed by atoms with Gasteiger partial charge >= 0.3 is 0 Å². The minimum atomic E-state index is -0.271. The summed E-state index contributed by atoms with van der Waals surface area (Å²) in [6.07, 6.45) is 3.72. The van der Waals surface area contributed by atoms with E-state index >= 15 is 0 Å². The summed E-state index contributed by atoms with van der Waals surface area (Å²) in [6, 6.07) is 8.79. The Kier molecular flexibility index (Phi) is 4.87. The summed E-state index contributed by atoms with van der Waals surface area (Å²) in [7, 11) is 0. The Labute approximate surface area is 123 Å². The average molecular weight is 286 g/mol. The van der Waals surface area contributed by atoms with E-state index in [0.717, 1.165) is 12.8 Å². The van der Waals surface area contributed by atoms with Crippen molar-refractivity contribution in [3.63, 3.8) is 0 Å². The molecule has 5 heteroatoms. The molecule has 1 aliphatic carbocycles. The van der Waals surface area contributed by atoms with Crippen molar-refractivity contribution in [2.24, 2.45) is 11.1 Å². The lowest BCUT2D eigenvalue weighted by Crippen LogP contribution is -2.29. The van der Waals surface area contributed by atoms with Crippen LogP contribution in [0.25, 0.3) is 0 Å². The number of rotatable bonds is 4. The molecule has 1 atom stereocenters. The van der Waals surface area contributed by atoms with Gasteiger partial charge in [0.05, 0.1) is 5.71 Å². The molecule has 1 aliphatic rings. The third-order valence-electron chi connectivity index (χ3n) is 3.48. The van der Waals surface area contributed by atoms with Crippen LogP contribution in [0.4, 0.5) is 0 Å². The second-order valence-electron chi connectivity index (χ2n) is 5.07. The molecular formula is C16H18N2O3. The topological polar surface area (TPSA) is 78.8 Å². The molecule has 1 amide bonds. The van der Waals surface area contributed by atoms with E-state index in [0.29, 0.717) is 23.4 Å². The maximum absolute atomic E-state index is 12.2. The standard InChI is InChI=1S/C16H18N2O3/c1-11(19)10-15(13-8-5-9-14(13)18-21)17-16(20)12-6-3-2-4-7-12/h2-4,6-7,10,13,21H,5,8-9H2,1H3,(H,17,20)/b15-10+,18-14-. The largest absolute Gasteiger partial charge is 0.411 e. The molecule has 0 aliphatic heterocycles. The van der Waals surface area contributed by atoms with E-state index in [1.165, 1.54) is 13.0 Å². The van der Waals surface area contributed by atoms with Crippen molar-refractivity contribution in [2.45, 2.75) is 26.2 Å². The fraction of sp³-hybridized carbons (Fsp3) is 0.312. The summed E-state index contributed by atoms with van der Waals surface area (Å²) in [5.74, 6) is -0.624. The first-order valence-electron chi connectivity index (χ1n) is 6.91. The van der Waals surface area contributed by atoms with Crippen molar-refractivity contribution >= 4 is 17.4 Å². The molecule has 0 bridgehead atoms. The van der Waals surface area contributed by atoms with Crippen LogP contribution in [0.15, 0.2) is 47.3 Å². The number of amides is 1. The Balaban J connectivity index is 2.22. The maximum atomic E-state index is 12.2. The molecule has 0 saturated heterocycles. The molecule has 1 saturated carbocycles. The third kappa shape index (κ3) is 3.78. The van der Waals surface area contributed by atoms with Gasteiger partial charge in [-0.2, -0.15) is 0 Å². The summed E-state index contributed by atoms with van der Waals surface area (Å²) in [5.41, 5.74) is 1.63. The molecular weight excluding hydrogens is 268 g/mol. The predicted octanol–water partition coefficient (Wildman–Crippen LogP) is 2.52. The molecule has 2 rings (SSSR count). The van der Waals surface area contributed by atoms with Crippen LogP contribution in [-0.4, -0.2) is 22.6 Å². The minimum absolute atomic E-state index is 0.150. The zero-order chi connectivity index (χ0) is 15.2. The lowest BCUT2D eigenvalue weighted by molar-refractivity contribution is -0.112. The highest BCUT2D eigenvalue weighted by Gasteiger charge is 2.28. The summed E-state index contributed by atoms with van der Waals surface area (Å²) >= 11 is 0. The Morgan fingerprint density at radius 1 is 1.33 bits per heavy atom. The lowest BCUT2D eigenvalue weighted by Gasteiger charge is -2.16. The zero-order valence-electron chi connectivity index (χ0n) is 11.9. The van der Waals surface area contributed by atoms with Gasteiger partial charge < -0.3 is 10.5 Å². The van der Waals surface area contributed by atoms with Gasteiger partial charge in [-0.3, -0.25) is 9.59 Å². The third-order valence-corrected chi connectivity index (χ3v) is 3.48. The SMILES string of the molecule is CC(=O)/C=C(/NC(=O)c1ccccc1)C1CCC/C1=N/O. The van der Waals surface area contributed by atoms with Gasteiger partial charge in [-0.1, -0.05) is 23.4 Å². The molecule has 2 N–H and O–H groups in total. The Bertz CT molecular complexity index is 591. The van der Waals surface area contributed by atoms with Crippen molar-refractivity contribution < 1.29 is 14.8 Å². The van der Waals surface area contributed by atoms with E-state index in [1.807, 2.05) is 6.07 Å². The number of hydrogen-bond donors (Lipinski definition) is 2. The van der Waals surface area contributed by atoms with Gasteiger partial charge in [0, 0.05) is 23.3 Å². The van der Waals surface area contributed by atoms with Gasteiger partial charge in [0.25, 0.3) is 5.91 Å². The first-order chi connectivity index (χ1) is 10.1. The quantitative estimate of drug-likeness (QED) is 0.507. The smallest absolute Gasteiger partial charge is 0.255 e. The second-order valence-corrected chi connectivity index (χ2v) is 5.07. The molecule has 110 valence electrons. The van der Waals surface area contributed by atoms with E-state index in [-0.39, 0.29) is 17.6 Å². The van der Waals surface area contributed by atoms with Crippen LogP contribution in [0.1, 0.15) is 36.5 Å². The van der Waals surface area contributed by atoms with E-state index in [4.69, 9.17) is 5.21 Å². The Morgan fingerprint density at radius 3 is 2.67 bits per heavy atom. The summed E-state index contributed by atoms with van der Waals surface area (Å²) in [5, 5.41) is 15.1. The number of hydrogen-bond acceptors (Lipinski definition) is 4. The molecule has 0 heterocycles. The van der Waals surface area contributed by atoms with Gasteiger partial charge in [0.2, 0.25) is 0 Å². The number of carbonyl (C=O) groups is 2. The first-order valence-corrected chi connectivity index (χ1v) is 6.91. The number of ketones is 1. The van der Waals surface area contributed by atoms with Crippen molar-refractivity contribution in [1.82, 2.24) is 5.32 Å². The van der Waals surface area contributed by atoms with Crippen molar-refractivity contribution in [3.05, 3.63) is 47.7 Å². The summed E-state index contributed by atoms with van der Waals surface area (Å²) in [4.78, 5) is 23.6. The molecule has 21 heavy (non-hydrogen) atoms. The minimum Gasteiger partial charge on any atom is -0.411 e. The van der Waals surface area contributed by atoms with Crippen molar-refractivity contribution in [2.75, 3.05) is 0 Å². The average Bonchev–Trinajstić information content (AvgIpc) is 2.95. The molecule has 5 nitrogen and oxygen atoms in total. The number of nitrogens with one attached hydrogen (secondary N) is 1. The number of carbonyl (C=O) groups excluding carboxylic acids is 2. The lowest BCUT2D eigenvalue weighted by atomic mass is 10.0. The predicted molar refractivity (Wildman–Crippen MR) is 79.2 cm³/mol. The summed E-state index contributed by atoms with van der Waals surface area (Å²) in [6.45, 7) is 1.43. The highest BCUT2D eigenvalue weighted by atomic mass is 16.4. The van der Waals surface area contributed by atoms with E-state index in [1.54, 1.807) is 24.3 Å². The highest BCUT2D eigenvalue weighted by Crippen LogP contribution is 2.28. The van der Waals surface area contributed by atoms with Gasteiger partial charge in [0.1, 0.15) is 0 Å². The number of nitrogens with zero attached hydrogens (tertiary/aromatic N) is 1. The van der Waals surface area contributed by atoms with Crippen LogP contribution >= 0.6 is 0 Å². The van der Waals surface area contributed by atoms with Gasteiger partial charge in [-0.25, -0.2) is 0 Å². The molecule has 1 aromatic carbocycles. The van der Waals surface area contributed by atoms with E-state index in [2.05, 4.69) is 10.5 Å². The number of allylic oxidation sites excluding steroid dienone is 2. The van der Waals surface area contributed by atoms with Crippen LogP contribution in [0.5, 0.6) is 0 Å². The molecule has 0 spiro atoms. The van der Waals surface area contributed by atoms with Crippen LogP contribution in [-0.2, 0) is 4.79 Å². The first kappa shape index (κ1) is 15.0. The zero-order valence-corrected chi connectivity index (χ0v) is 11.9. The van der Waals surface area contributed by atoms with Gasteiger partial charge in [0.15, 0.2) is 5.78 Å². The van der Waals surface area contributed by atoms with E-state index < -0.39 is 0 Å².